The van der Waals surface area contributed by atoms with Gasteiger partial charge in [0.05, 0.1) is 6.54 Å². The van der Waals surface area contributed by atoms with Gasteiger partial charge in [-0.15, -0.1) is 0 Å². The number of aromatic nitrogens is 1. The molecule has 2 amide bonds. The van der Waals surface area contributed by atoms with Crippen molar-refractivity contribution in [2.45, 2.75) is 20.0 Å². The van der Waals surface area contributed by atoms with Crippen LogP contribution in [0.5, 0.6) is 0 Å². The third kappa shape index (κ3) is 4.26. The summed E-state index contributed by atoms with van der Waals surface area (Å²) in [6.07, 6.45) is 2.03. The first-order valence-electron chi connectivity index (χ1n) is 8.00. The average molecular weight is 319 g/mol. The van der Waals surface area contributed by atoms with Gasteiger partial charge >= 0.3 is 6.03 Å². The van der Waals surface area contributed by atoms with Crippen LogP contribution in [0.15, 0.2) is 72.9 Å². The second-order valence-electron chi connectivity index (χ2n) is 5.79. The fraction of sp³-hybridized carbons (Fsp3) is 0.150. The molecule has 0 fully saturated rings. The van der Waals surface area contributed by atoms with Crippen LogP contribution >= 0.6 is 0 Å². The van der Waals surface area contributed by atoms with Gasteiger partial charge in [0.2, 0.25) is 0 Å². The van der Waals surface area contributed by atoms with Gasteiger partial charge in [0.15, 0.2) is 0 Å². The van der Waals surface area contributed by atoms with Gasteiger partial charge in [0.25, 0.3) is 0 Å². The van der Waals surface area contributed by atoms with Gasteiger partial charge in [-0.05, 0) is 36.8 Å². The van der Waals surface area contributed by atoms with Crippen molar-refractivity contribution in [1.29, 1.82) is 0 Å². The molecule has 2 N–H and O–H groups in total. The fourth-order valence-electron chi connectivity index (χ4n) is 2.53. The molecule has 0 saturated heterocycles. The first-order valence-corrected chi connectivity index (χ1v) is 8.00. The standard InChI is InChI=1S/C20H21N3O/c1-16-9-11-18(12-10-16)22-20(24)21-14-19-8-5-13-23(19)15-17-6-3-2-4-7-17/h2-13H,14-15H2,1H3,(H2,21,22,24). The maximum Gasteiger partial charge on any atom is 0.319 e. The molecule has 1 aromatic heterocycles. The highest BCUT2D eigenvalue weighted by Gasteiger charge is 2.05. The smallest absolute Gasteiger partial charge is 0.319 e. The van der Waals surface area contributed by atoms with Crippen molar-refractivity contribution in [2.24, 2.45) is 0 Å². The molecule has 0 aliphatic carbocycles. The first kappa shape index (κ1) is 15.9. The van der Waals surface area contributed by atoms with Crippen molar-refractivity contribution in [3.8, 4) is 0 Å². The Morgan fingerprint density at radius 1 is 0.958 bits per heavy atom. The van der Waals surface area contributed by atoms with Crippen molar-refractivity contribution >= 4 is 11.7 Å². The predicted molar refractivity (Wildman–Crippen MR) is 97.0 cm³/mol. The summed E-state index contributed by atoms with van der Waals surface area (Å²) in [5.74, 6) is 0. The third-order valence-electron chi connectivity index (χ3n) is 3.86. The van der Waals surface area contributed by atoms with Crippen LogP contribution in [0, 0.1) is 6.92 Å². The minimum absolute atomic E-state index is 0.202. The molecular weight excluding hydrogens is 298 g/mol. The number of hydrogen-bond donors (Lipinski definition) is 2. The Morgan fingerprint density at radius 3 is 2.46 bits per heavy atom. The molecule has 24 heavy (non-hydrogen) atoms. The van der Waals surface area contributed by atoms with E-state index in [-0.39, 0.29) is 6.03 Å². The van der Waals surface area contributed by atoms with Crippen molar-refractivity contribution in [3.63, 3.8) is 0 Å². The number of nitrogens with one attached hydrogen (secondary N) is 2. The van der Waals surface area contributed by atoms with Crippen molar-refractivity contribution in [2.75, 3.05) is 5.32 Å². The summed E-state index contributed by atoms with van der Waals surface area (Å²) < 4.78 is 2.14. The molecular formula is C20H21N3O. The van der Waals surface area contributed by atoms with Gasteiger partial charge in [-0.3, -0.25) is 0 Å². The number of carbonyl (C=O) groups is 1. The molecule has 0 bridgehead atoms. The highest BCUT2D eigenvalue weighted by Crippen LogP contribution is 2.10. The number of urea groups is 1. The number of nitrogens with zero attached hydrogens (tertiary/aromatic N) is 1. The van der Waals surface area contributed by atoms with Crippen LogP contribution < -0.4 is 10.6 Å². The molecule has 3 rings (SSSR count). The number of amides is 2. The number of aryl methyl sites for hydroxylation is 1. The van der Waals surface area contributed by atoms with E-state index in [1.54, 1.807) is 0 Å². The van der Waals surface area contributed by atoms with E-state index < -0.39 is 0 Å². The number of benzene rings is 2. The largest absolute Gasteiger partial charge is 0.345 e. The lowest BCUT2D eigenvalue weighted by Crippen LogP contribution is -2.29. The summed E-state index contributed by atoms with van der Waals surface area (Å²) in [5.41, 5.74) is 4.26. The van der Waals surface area contributed by atoms with E-state index in [4.69, 9.17) is 0 Å². The summed E-state index contributed by atoms with van der Waals surface area (Å²) in [7, 11) is 0. The van der Waals surface area contributed by atoms with Crippen molar-refractivity contribution in [3.05, 3.63) is 89.7 Å². The molecule has 122 valence electrons. The Balaban J connectivity index is 1.56. The first-order chi connectivity index (χ1) is 11.7. The summed E-state index contributed by atoms with van der Waals surface area (Å²) in [6.45, 7) is 3.30. The topological polar surface area (TPSA) is 46.1 Å². The summed E-state index contributed by atoms with van der Waals surface area (Å²) in [6, 6.07) is 21.8. The van der Waals surface area contributed by atoms with E-state index in [9.17, 15) is 4.79 Å². The molecule has 2 aromatic carbocycles. The van der Waals surface area contributed by atoms with Crippen LogP contribution in [0.1, 0.15) is 16.8 Å². The Morgan fingerprint density at radius 2 is 1.71 bits per heavy atom. The van der Waals surface area contributed by atoms with Gasteiger partial charge < -0.3 is 15.2 Å². The molecule has 0 aliphatic heterocycles. The van der Waals surface area contributed by atoms with E-state index in [1.165, 1.54) is 11.1 Å². The van der Waals surface area contributed by atoms with Crippen LogP contribution in [0.2, 0.25) is 0 Å². The van der Waals surface area contributed by atoms with Crippen LogP contribution in [-0.2, 0) is 13.1 Å². The molecule has 0 atom stereocenters. The minimum Gasteiger partial charge on any atom is -0.345 e. The van der Waals surface area contributed by atoms with Gasteiger partial charge in [-0.25, -0.2) is 4.79 Å². The minimum atomic E-state index is -0.202. The zero-order valence-electron chi connectivity index (χ0n) is 13.7. The summed E-state index contributed by atoms with van der Waals surface area (Å²) in [4.78, 5) is 12.0. The number of anilines is 1. The van der Waals surface area contributed by atoms with Gasteiger partial charge in [-0.2, -0.15) is 0 Å². The lowest BCUT2D eigenvalue weighted by Gasteiger charge is -2.11. The van der Waals surface area contributed by atoms with Gasteiger partial charge in [-0.1, -0.05) is 48.0 Å². The van der Waals surface area contributed by atoms with E-state index in [2.05, 4.69) is 27.3 Å². The molecule has 0 spiro atoms. The molecule has 0 aliphatic rings. The van der Waals surface area contributed by atoms with E-state index in [1.807, 2.05) is 67.7 Å². The second kappa shape index (κ2) is 7.51. The quantitative estimate of drug-likeness (QED) is 0.728. The molecule has 1 heterocycles. The normalized spacial score (nSPS) is 10.4. The molecule has 0 radical (unpaired) electrons. The lowest BCUT2D eigenvalue weighted by molar-refractivity contribution is 0.251. The van der Waals surface area contributed by atoms with Crippen LogP contribution in [0.4, 0.5) is 10.5 Å². The summed E-state index contributed by atoms with van der Waals surface area (Å²) >= 11 is 0. The molecule has 0 unspecified atom stereocenters. The van der Waals surface area contributed by atoms with E-state index in [0.29, 0.717) is 6.54 Å². The van der Waals surface area contributed by atoms with Gasteiger partial charge in [0.1, 0.15) is 0 Å². The maximum atomic E-state index is 12.0. The van der Waals surface area contributed by atoms with Crippen molar-refractivity contribution < 1.29 is 4.79 Å². The van der Waals surface area contributed by atoms with E-state index >= 15 is 0 Å². The SMILES string of the molecule is Cc1ccc(NC(=O)NCc2cccn2Cc2ccccc2)cc1. The molecule has 4 nitrogen and oxygen atoms in total. The van der Waals surface area contributed by atoms with Crippen LogP contribution in [0.3, 0.4) is 0 Å². The van der Waals surface area contributed by atoms with Crippen LogP contribution in [-0.4, -0.2) is 10.6 Å². The highest BCUT2D eigenvalue weighted by atomic mass is 16.2. The Labute approximate surface area is 142 Å². The lowest BCUT2D eigenvalue weighted by atomic mass is 10.2. The molecule has 3 aromatic rings. The Hall–Kier alpha value is -3.01. The zero-order valence-corrected chi connectivity index (χ0v) is 13.7. The number of rotatable bonds is 5. The van der Waals surface area contributed by atoms with Crippen LogP contribution in [0.25, 0.3) is 0 Å². The van der Waals surface area contributed by atoms with E-state index in [0.717, 1.165) is 17.9 Å². The zero-order chi connectivity index (χ0) is 16.8. The monoisotopic (exact) mass is 319 g/mol. The fourth-order valence-corrected chi connectivity index (χ4v) is 2.53. The third-order valence-corrected chi connectivity index (χ3v) is 3.86. The molecule has 4 heteroatoms. The van der Waals surface area contributed by atoms with Crippen molar-refractivity contribution in [1.82, 2.24) is 9.88 Å². The molecule has 0 saturated carbocycles. The number of carbonyl (C=O) groups excluding carboxylic acids is 1. The highest BCUT2D eigenvalue weighted by molar-refractivity contribution is 5.89. The maximum absolute atomic E-state index is 12.0. The number of hydrogen-bond acceptors (Lipinski definition) is 1. The predicted octanol–water partition coefficient (Wildman–Crippen LogP) is 4.17. The summed E-state index contributed by atoms with van der Waals surface area (Å²) in [5, 5.41) is 5.74. The average Bonchev–Trinajstić information content (AvgIpc) is 3.03. The van der Waals surface area contributed by atoms with Gasteiger partial charge in [0, 0.05) is 24.1 Å². The second-order valence-corrected chi connectivity index (χ2v) is 5.79. The Kier molecular flexibility index (Phi) is 4.96. The Bertz CT molecular complexity index is 791.